The number of hydrogen-bond donors (Lipinski definition) is 0. The molecule has 2 aromatic carbocycles. The number of carbonyl (C=O) groups is 3. The standard InChI is InChI=1S/C31H35F2NO5/c1-17(2)18-9-11-21-22-12-10-20(14-24(22)31(32,33)23(21)13-18)27(35)16-38-28(36)26-15-19-7-6-8-25(19)34(26)29(37)39-30(3,4)5/h9-14,17,19,25-26H,6-8,15-16H2,1-5H3. The molecule has 0 aromatic heterocycles. The van der Waals surface area contributed by atoms with E-state index in [1.54, 1.807) is 26.8 Å². The zero-order valence-electron chi connectivity index (χ0n) is 23.1. The van der Waals surface area contributed by atoms with Gasteiger partial charge in [0.1, 0.15) is 11.6 Å². The molecule has 6 nitrogen and oxygen atoms in total. The Morgan fingerprint density at radius 2 is 1.69 bits per heavy atom. The number of rotatable bonds is 5. The molecule has 0 bridgehead atoms. The first-order valence-corrected chi connectivity index (χ1v) is 13.7. The van der Waals surface area contributed by atoms with Crippen molar-refractivity contribution in [3.63, 3.8) is 0 Å². The van der Waals surface area contributed by atoms with E-state index in [-0.39, 0.29) is 34.6 Å². The average Bonchev–Trinajstić information content (AvgIpc) is 3.52. The molecule has 2 fully saturated rings. The molecule has 3 unspecified atom stereocenters. The van der Waals surface area contributed by atoms with Gasteiger partial charge < -0.3 is 9.47 Å². The van der Waals surface area contributed by atoms with Gasteiger partial charge in [-0.25, -0.2) is 9.59 Å². The van der Waals surface area contributed by atoms with Gasteiger partial charge in [-0.15, -0.1) is 0 Å². The van der Waals surface area contributed by atoms with Gasteiger partial charge in [-0.1, -0.05) is 44.5 Å². The second kappa shape index (κ2) is 9.72. The van der Waals surface area contributed by atoms with Crippen molar-refractivity contribution < 1.29 is 32.6 Å². The summed E-state index contributed by atoms with van der Waals surface area (Å²) < 4.78 is 41.8. The molecule has 0 spiro atoms. The first-order valence-electron chi connectivity index (χ1n) is 13.7. The largest absolute Gasteiger partial charge is 0.456 e. The highest BCUT2D eigenvalue weighted by molar-refractivity contribution is 5.99. The first-order chi connectivity index (χ1) is 18.3. The van der Waals surface area contributed by atoms with E-state index in [0.717, 1.165) is 24.8 Å². The molecule has 0 radical (unpaired) electrons. The summed E-state index contributed by atoms with van der Waals surface area (Å²) in [5.41, 5.74) is 0.711. The molecular weight excluding hydrogens is 504 g/mol. The van der Waals surface area contributed by atoms with Gasteiger partial charge in [-0.3, -0.25) is 9.69 Å². The van der Waals surface area contributed by atoms with Crippen molar-refractivity contribution in [1.29, 1.82) is 0 Å². The van der Waals surface area contributed by atoms with Crippen LogP contribution in [-0.2, 0) is 20.2 Å². The van der Waals surface area contributed by atoms with Crippen LogP contribution in [0.2, 0.25) is 0 Å². The molecule has 3 aliphatic rings. The number of benzene rings is 2. The van der Waals surface area contributed by atoms with Gasteiger partial charge in [0.05, 0.1) is 0 Å². The normalized spacial score (nSPS) is 22.9. The lowest BCUT2D eigenvalue weighted by Crippen LogP contribution is -2.47. The number of fused-ring (bicyclic) bond motifs is 4. The Labute approximate surface area is 227 Å². The lowest BCUT2D eigenvalue weighted by molar-refractivity contribution is -0.148. The van der Waals surface area contributed by atoms with Gasteiger partial charge >= 0.3 is 12.1 Å². The van der Waals surface area contributed by atoms with Crippen molar-refractivity contribution in [2.24, 2.45) is 5.92 Å². The van der Waals surface area contributed by atoms with Crippen molar-refractivity contribution in [2.75, 3.05) is 6.61 Å². The molecule has 1 amide bonds. The van der Waals surface area contributed by atoms with Crippen molar-refractivity contribution in [3.05, 3.63) is 58.7 Å². The molecular formula is C31H35F2NO5. The van der Waals surface area contributed by atoms with Crippen molar-refractivity contribution >= 4 is 17.8 Å². The molecule has 208 valence electrons. The minimum absolute atomic E-state index is 0.0467. The fourth-order valence-corrected chi connectivity index (χ4v) is 6.17. The van der Waals surface area contributed by atoms with E-state index in [9.17, 15) is 14.4 Å². The molecule has 5 rings (SSSR count). The highest BCUT2D eigenvalue weighted by Gasteiger charge is 2.51. The number of carbonyl (C=O) groups excluding carboxylic acids is 3. The SMILES string of the molecule is CC(C)c1ccc2c(c1)C(F)(F)c1cc(C(=O)COC(=O)C3CC4CCCC4N3C(=O)OC(C)(C)C)ccc1-2. The third-order valence-corrected chi connectivity index (χ3v) is 8.08. The molecule has 8 heteroatoms. The molecule has 2 aromatic rings. The van der Waals surface area contributed by atoms with E-state index in [4.69, 9.17) is 9.47 Å². The van der Waals surface area contributed by atoms with Crippen LogP contribution in [0, 0.1) is 5.92 Å². The molecule has 1 heterocycles. The number of amides is 1. The first kappa shape index (κ1) is 27.3. The molecule has 1 saturated heterocycles. The number of esters is 1. The summed E-state index contributed by atoms with van der Waals surface area (Å²) in [5, 5.41) is 0. The number of hydrogen-bond acceptors (Lipinski definition) is 5. The average molecular weight is 540 g/mol. The summed E-state index contributed by atoms with van der Waals surface area (Å²) in [4.78, 5) is 40.5. The zero-order chi connectivity index (χ0) is 28.3. The topological polar surface area (TPSA) is 72.9 Å². The molecule has 3 atom stereocenters. The van der Waals surface area contributed by atoms with E-state index < -0.39 is 42.0 Å². The van der Waals surface area contributed by atoms with E-state index in [1.807, 2.05) is 19.9 Å². The van der Waals surface area contributed by atoms with E-state index in [2.05, 4.69) is 0 Å². The fraction of sp³-hybridized carbons (Fsp3) is 0.516. The summed E-state index contributed by atoms with van der Waals surface area (Å²) in [6.07, 6.45) is 2.57. The quantitative estimate of drug-likeness (QED) is 0.307. The van der Waals surface area contributed by atoms with E-state index in [0.29, 0.717) is 17.5 Å². The third kappa shape index (κ3) is 4.94. The van der Waals surface area contributed by atoms with Crippen LogP contribution < -0.4 is 0 Å². The lowest BCUT2D eigenvalue weighted by atomic mass is 9.97. The van der Waals surface area contributed by atoms with Crippen LogP contribution in [0.3, 0.4) is 0 Å². The highest BCUT2D eigenvalue weighted by Crippen LogP contribution is 2.51. The van der Waals surface area contributed by atoms with Gasteiger partial charge in [0.2, 0.25) is 0 Å². The van der Waals surface area contributed by atoms with E-state index >= 15 is 8.78 Å². The van der Waals surface area contributed by atoms with E-state index in [1.165, 1.54) is 29.2 Å². The Kier molecular flexibility index (Phi) is 6.80. The fourth-order valence-electron chi connectivity index (χ4n) is 6.17. The molecule has 39 heavy (non-hydrogen) atoms. The smallest absolute Gasteiger partial charge is 0.411 e. The Balaban J connectivity index is 1.30. The van der Waals surface area contributed by atoms with Crippen molar-refractivity contribution in [3.8, 4) is 11.1 Å². The zero-order valence-corrected chi connectivity index (χ0v) is 23.1. The van der Waals surface area contributed by atoms with Crippen molar-refractivity contribution in [2.45, 2.75) is 89.8 Å². The van der Waals surface area contributed by atoms with Crippen LogP contribution >= 0.6 is 0 Å². The number of ketones is 1. The maximum Gasteiger partial charge on any atom is 0.411 e. The molecule has 2 aliphatic carbocycles. The predicted molar refractivity (Wildman–Crippen MR) is 142 cm³/mol. The number of ether oxygens (including phenoxy) is 2. The summed E-state index contributed by atoms with van der Waals surface area (Å²) >= 11 is 0. The van der Waals surface area contributed by atoms with Crippen LogP contribution in [-0.4, -0.2) is 47.0 Å². The maximum atomic E-state index is 15.4. The van der Waals surface area contributed by atoms with Gasteiger partial charge in [0, 0.05) is 22.7 Å². The summed E-state index contributed by atoms with van der Waals surface area (Å²) in [6.45, 7) is 8.60. The second-order valence-corrected chi connectivity index (χ2v) is 12.2. The highest BCUT2D eigenvalue weighted by atomic mass is 19.3. The minimum Gasteiger partial charge on any atom is -0.456 e. The second-order valence-electron chi connectivity index (χ2n) is 12.2. The van der Waals surface area contributed by atoms with Gasteiger partial charge in [0.25, 0.3) is 5.92 Å². The predicted octanol–water partition coefficient (Wildman–Crippen LogP) is 6.83. The van der Waals surface area contributed by atoms with Gasteiger partial charge in [-0.2, -0.15) is 8.78 Å². The van der Waals surface area contributed by atoms with Crippen LogP contribution in [0.5, 0.6) is 0 Å². The number of halogens is 2. The maximum absolute atomic E-state index is 15.4. The molecule has 0 N–H and O–H groups in total. The Morgan fingerprint density at radius 1 is 1.03 bits per heavy atom. The van der Waals surface area contributed by atoms with Crippen LogP contribution in [0.25, 0.3) is 11.1 Å². The Morgan fingerprint density at radius 3 is 2.36 bits per heavy atom. The molecule has 1 aliphatic heterocycles. The van der Waals surface area contributed by atoms with Gasteiger partial charge in [-0.05, 0) is 80.7 Å². The monoisotopic (exact) mass is 539 g/mol. The molecule has 1 saturated carbocycles. The minimum atomic E-state index is -3.24. The van der Waals surface area contributed by atoms with Crippen LogP contribution in [0.15, 0.2) is 36.4 Å². The number of nitrogens with zero attached hydrogens (tertiary/aromatic N) is 1. The summed E-state index contributed by atoms with van der Waals surface area (Å²) in [6, 6.07) is 8.39. The summed E-state index contributed by atoms with van der Waals surface area (Å²) in [7, 11) is 0. The third-order valence-electron chi connectivity index (χ3n) is 8.08. The van der Waals surface area contributed by atoms with Crippen LogP contribution in [0.4, 0.5) is 13.6 Å². The Hall–Kier alpha value is -3.29. The number of Topliss-reactive ketones (excluding diaryl/α,β-unsaturated/α-hetero) is 1. The van der Waals surface area contributed by atoms with Crippen LogP contribution in [0.1, 0.15) is 93.3 Å². The summed E-state index contributed by atoms with van der Waals surface area (Å²) in [5.74, 6) is -4.21. The Bertz CT molecular complexity index is 1330. The lowest BCUT2D eigenvalue weighted by Gasteiger charge is -2.31. The number of alkyl halides is 2. The number of likely N-dealkylation sites (tertiary alicyclic amines) is 1. The van der Waals surface area contributed by atoms with Crippen molar-refractivity contribution in [1.82, 2.24) is 4.90 Å². The van der Waals surface area contributed by atoms with Gasteiger partial charge in [0.15, 0.2) is 12.4 Å².